The lowest BCUT2D eigenvalue weighted by molar-refractivity contribution is -0.117. The monoisotopic (exact) mass is 532 g/mol. The molecule has 2 aromatic heterocycles. The Hall–Kier alpha value is -2.27. The van der Waals surface area contributed by atoms with Crippen molar-refractivity contribution >= 4 is 62.8 Å². The Balaban J connectivity index is 1.47. The zero-order valence-electron chi connectivity index (χ0n) is 19.5. The number of hydrogen-bond donors (Lipinski definition) is 4. The molecular weight excluding hydrogens is 504 g/mol. The number of hydrogen-bond acceptors (Lipinski definition) is 6. The highest BCUT2D eigenvalue weighted by Gasteiger charge is 2.36. The average molecular weight is 533 g/mol. The molecule has 0 saturated heterocycles. The van der Waals surface area contributed by atoms with Crippen LogP contribution in [0.3, 0.4) is 0 Å². The van der Waals surface area contributed by atoms with E-state index in [0.717, 1.165) is 54.7 Å². The summed E-state index contributed by atoms with van der Waals surface area (Å²) >= 11 is 13.6. The van der Waals surface area contributed by atoms with E-state index in [1.807, 2.05) is 24.0 Å². The lowest BCUT2D eigenvalue weighted by atomic mass is 9.90. The molecule has 0 unspecified atom stereocenters. The van der Waals surface area contributed by atoms with Gasteiger partial charge in [0.05, 0.1) is 11.3 Å². The van der Waals surface area contributed by atoms with Crippen molar-refractivity contribution in [2.24, 2.45) is 17.7 Å². The van der Waals surface area contributed by atoms with Gasteiger partial charge in [-0.1, -0.05) is 11.6 Å². The second kappa shape index (κ2) is 10.0. The van der Waals surface area contributed by atoms with Gasteiger partial charge >= 0.3 is 0 Å². The quantitative estimate of drug-likeness (QED) is 0.186. The molecule has 5 rings (SSSR count). The molecule has 0 aliphatic heterocycles. The fourth-order valence-electron chi connectivity index (χ4n) is 4.56. The molecule has 0 aromatic carbocycles. The molecule has 0 radical (unpaired) electrons. The molecule has 2 aromatic rings. The van der Waals surface area contributed by atoms with Crippen LogP contribution in [-0.2, 0) is 17.6 Å². The number of amides is 2. The normalized spacial score (nSPS) is 19.0. The summed E-state index contributed by atoms with van der Waals surface area (Å²) in [6.07, 6.45) is 6.24. The first-order chi connectivity index (χ1) is 16.9. The molecular formula is C24H29ClN6O2S2. The molecule has 8 nitrogen and oxygen atoms in total. The highest BCUT2D eigenvalue weighted by atomic mass is 35.5. The molecule has 0 bridgehead atoms. The van der Waals surface area contributed by atoms with Gasteiger partial charge in [-0.05, 0) is 87.7 Å². The van der Waals surface area contributed by atoms with Crippen LogP contribution in [0.15, 0.2) is 12.1 Å². The maximum Gasteiger partial charge on any atom is 0.254 e. The number of halogens is 1. The Kier molecular flexibility index (Phi) is 6.98. The molecule has 2 saturated carbocycles. The Morgan fingerprint density at radius 1 is 1.26 bits per heavy atom. The van der Waals surface area contributed by atoms with Gasteiger partial charge in [0.25, 0.3) is 5.91 Å². The summed E-state index contributed by atoms with van der Waals surface area (Å²) in [7, 11) is 0. The number of aromatic nitrogens is 1. The number of anilines is 2. The number of nitrogens with one attached hydrogen (secondary N) is 3. The second-order valence-electron chi connectivity index (χ2n) is 9.60. The van der Waals surface area contributed by atoms with Gasteiger partial charge in [0.1, 0.15) is 5.00 Å². The van der Waals surface area contributed by atoms with E-state index in [1.54, 1.807) is 0 Å². The van der Waals surface area contributed by atoms with Crippen LogP contribution in [0, 0.1) is 18.8 Å². The first-order valence-electron chi connectivity index (χ1n) is 12.0. The summed E-state index contributed by atoms with van der Waals surface area (Å²) in [6.45, 7) is 2.54. The van der Waals surface area contributed by atoms with Gasteiger partial charge in [0.15, 0.2) is 10.3 Å². The number of pyridine rings is 1. The largest absolute Gasteiger partial charge is 0.352 e. The number of rotatable bonds is 7. The SMILES string of the molecule is Cc1ccc(N(C(=S)NN)[C@H]2CCc3sc(NC(=O)C4CC4)c(C(=O)NCC4CC4)c3C2)c(Cl)n1. The molecule has 3 aliphatic rings. The topological polar surface area (TPSA) is 112 Å². The van der Waals surface area contributed by atoms with Crippen molar-refractivity contribution < 1.29 is 9.59 Å². The molecule has 2 heterocycles. The fourth-order valence-corrected chi connectivity index (χ4v) is 6.34. The van der Waals surface area contributed by atoms with E-state index in [9.17, 15) is 9.59 Å². The van der Waals surface area contributed by atoms with Crippen LogP contribution < -0.4 is 26.8 Å². The van der Waals surface area contributed by atoms with Crippen molar-refractivity contribution in [1.82, 2.24) is 15.7 Å². The molecule has 0 spiro atoms. The van der Waals surface area contributed by atoms with Gasteiger partial charge in [0, 0.05) is 29.1 Å². The predicted molar refractivity (Wildman–Crippen MR) is 143 cm³/mol. The van der Waals surface area contributed by atoms with E-state index in [0.29, 0.717) is 45.4 Å². The molecule has 3 aliphatic carbocycles. The minimum absolute atomic E-state index is 0.00374. The number of aryl methyl sites for hydroxylation is 2. The zero-order valence-corrected chi connectivity index (χ0v) is 21.9. The zero-order chi connectivity index (χ0) is 24.7. The minimum atomic E-state index is -0.123. The molecule has 2 amide bonds. The van der Waals surface area contributed by atoms with Crippen LogP contribution in [0.5, 0.6) is 0 Å². The van der Waals surface area contributed by atoms with E-state index in [1.165, 1.54) is 11.3 Å². The van der Waals surface area contributed by atoms with E-state index in [4.69, 9.17) is 29.7 Å². The molecule has 186 valence electrons. The third-order valence-electron chi connectivity index (χ3n) is 6.83. The highest BCUT2D eigenvalue weighted by molar-refractivity contribution is 7.80. The van der Waals surface area contributed by atoms with E-state index >= 15 is 0 Å². The van der Waals surface area contributed by atoms with Crippen LogP contribution in [0.1, 0.15) is 58.6 Å². The number of thiophene rings is 1. The van der Waals surface area contributed by atoms with Gasteiger partial charge in [-0.2, -0.15) is 0 Å². The highest BCUT2D eigenvalue weighted by Crippen LogP contribution is 2.42. The minimum Gasteiger partial charge on any atom is -0.352 e. The Morgan fingerprint density at radius 3 is 2.69 bits per heavy atom. The number of carbonyl (C=O) groups is 2. The summed E-state index contributed by atoms with van der Waals surface area (Å²) in [5.74, 6) is 6.23. The third kappa shape index (κ3) is 5.30. The van der Waals surface area contributed by atoms with E-state index in [2.05, 4.69) is 21.0 Å². The number of carbonyl (C=O) groups excluding carboxylic acids is 2. The number of nitrogens with zero attached hydrogens (tertiary/aromatic N) is 2. The summed E-state index contributed by atoms with van der Waals surface area (Å²) in [5.41, 5.74) is 5.62. The maximum atomic E-state index is 13.4. The van der Waals surface area contributed by atoms with Crippen LogP contribution in [0.25, 0.3) is 0 Å². The third-order valence-corrected chi connectivity index (χ3v) is 8.63. The average Bonchev–Trinajstić information content (AvgIpc) is 3.75. The van der Waals surface area contributed by atoms with Crippen LogP contribution in [0.2, 0.25) is 5.15 Å². The smallest absolute Gasteiger partial charge is 0.254 e. The first kappa shape index (κ1) is 24.4. The standard InChI is InChI=1S/C24H29ClN6O2S2/c1-12-2-8-17(20(25)28-12)31(24(34)30-26)15-7-9-18-16(10-15)19(22(33)27-11-13-3-4-13)23(35-18)29-21(32)14-5-6-14/h2,8,13-15H,3-7,9-11,26H2,1H3,(H,27,33)(H,29,32)(H,30,34)/t15-/m0/s1. The number of nitrogens with two attached hydrogens (primary N) is 1. The molecule has 2 fully saturated rings. The van der Waals surface area contributed by atoms with Crippen LogP contribution in [0.4, 0.5) is 10.7 Å². The second-order valence-corrected chi connectivity index (χ2v) is 11.5. The van der Waals surface area contributed by atoms with Gasteiger partial charge in [-0.25, -0.2) is 10.8 Å². The predicted octanol–water partition coefficient (Wildman–Crippen LogP) is 3.71. The van der Waals surface area contributed by atoms with Gasteiger partial charge in [-0.3, -0.25) is 9.59 Å². The Bertz CT molecular complexity index is 1180. The number of fused-ring (bicyclic) bond motifs is 1. The Morgan fingerprint density at radius 2 is 2.03 bits per heavy atom. The van der Waals surface area contributed by atoms with Crippen molar-refractivity contribution in [1.29, 1.82) is 0 Å². The first-order valence-corrected chi connectivity index (χ1v) is 13.6. The van der Waals surface area contributed by atoms with Gasteiger partial charge < -0.3 is 21.0 Å². The molecule has 11 heteroatoms. The van der Waals surface area contributed by atoms with Gasteiger partial charge in [0.2, 0.25) is 5.91 Å². The summed E-state index contributed by atoms with van der Waals surface area (Å²) < 4.78 is 0. The van der Waals surface area contributed by atoms with Crippen molar-refractivity contribution in [2.75, 3.05) is 16.8 Å². The fraction of sp³-hybridized carbons (Fsp3) is 0.500. The summed E-state index contributed by atoms with van der Waals surface area (Å²) in [6, 6.07) is 3.70. The maximum absolute atomic E-state index is 13.4. The number of thiocarbonyl (C=S) groups is 1. The van der Waals surface area contributed by atoms with Crippen molar-refractivity contribution in [3.8, 4) is 0 Å². The Labute approximate surface area is 219 Å². The van der Waals surface area contributed by atoms with E-state index < -0.39 is 0 Å². The lowest BCUT2D eigenvalue weighted by Crippen LogP contribution is -2.50. The number of hydrazine groups is 1. The van der Waals surface area contributed by atoms with Crippen molar-refractivity contribution in [3.63, 3.8) is 0 Å². The molecule has 1 atom stereocenters. The van der Waals surface area contributed by atoms with Crippen LogP contribution in [-0.4, -0.2) is 34.5 Å². The lowest BCUT2D eigenvalue weighted by Gasteiger charge is -2.36. The van der Waals surface area contributed by atoms with Crippen molar-refractivity contribution in [2.45, 2.75) is 57.9 Å². The summed E-state index contributed by atoms with van der Waals surface area (Å²) in [4.78, 5) is 33.4. The van der Waals surface area contributed by atoms with Crippen molar-refractivity contribution in [3.05, 3.63) is 39.0 Å². The summed E-state index contributed by atoms with van der Waals surface area (Å²) in [5, 5.41) is 7.49. The molecule has 5 N–H and O–H groups in total. The molecule has 35 heavy (non-hydrogen) atoms. The van der Waals surface area contributed by atoms with Gasteiger partial charge in [-0.15, -0.1) is 11.3 Å². The van der Waals surface area contributed by atoms with Crippen LogP contribution >= 0.6 is 35.2 Å². The van der Waals surface area contributed by atoms with E-state index in [-0.39, 0.29) is 23.8 Å².